The maximum atomic E-state index is 11.1. The Balaban J connectivity index is 0.00000338. The van der Waals surface area contributed by atoms with Crippen LogP contribution in [0.15, 0.2) is 4.99 Å². The number of esters is 1. The van der Waals surface area contributed by atoms with Crippen LogP contribution in [0.2, 0.25) is 0 Å². The quantitative estimate of drug-likeness (QED) is 0.203. The number of methoxy groups -OCH3 is 1. The minimum atomic E-state index is -0.150. The minimum Gasteiger partial charge on any atom is -0.469 e. The molecule has 1 aliphatic heterocycles. The van der Waals surface area contributed by atoms with E-state index in [0.29, 0.717) is 6.42 Å². The molecule has 1 aromatic rings. The van der Waals surface area contributed by atoms with Gasteiger partial charge in [-0.15, -0.1) is 24.0 Å². The number of nitrogens with one attached hydrogen (secondary N) is 1. The molecule has 2 heterocycles. The molecule has 2 rings (SSSR count). The van der Waals surface area contributed by atoms with Crippen molar-refractivity contribution in [2.45, 2.75) is 32.6 Å². The van der Waals surface area contributed by atoms with Crippen molar-refractivity contribution in [3.8, 4) is 0 Å². The number of halogens is 1. The molecule has 10 heteroatoms. The van der Waals surface area contributed by atoms with Crippen molar-refractivity contribution in [3.05, 3.63) is 5.82 Å². The van der Waals surface area contributed by atoms with E-state index in [9.17, 15) is 4.79 Å². The van der Waals surface area contributed by atoms with E-state index in [4.69, 9.17) is 0 Å². The summed E-state index contributed by atoms with van der Waals surface area (Å²) >= 11 is 1.48. The second kappa shape index (κ2) is 12.3. The zero-order valence-corrected chi connectivity index (χ0v) is 18.9. The molecule has 0 radical (unpaired) electrons. The van der Waals surface area contributed by atoms with Gasteiger partial charge in [0, 0.05) is 64.1 Å². The van der Waals surface area contributed by atoms with Gasteiger partial charge in [-0.05, 0) is 12.8 Å². The Bertz CT molecular complexity index is 575. The number of guanidine groups is 1. The van der Waals surface area contributed by atoms with E-state index in [2.05, 4.69) is 41.1 Å². The molecule has 1 saturated heterocycles. The largest absolute Gasteiger partial charge is 0.469 e. The highest BCUT2D eigenvalue weighted by atomic mass is 127. The van der Waals surface area contributed by atoms with Crippen LogP contribution in [0.4, 0.5) is 5.13 Å². The highest BCUT2D eigenvalue weighted by molar-refractivity contribution is 14.0. The summed E-state index contributed by atoms with van der Waals surface area (Å²) in [6, 6.07) is 0. The Hall–Kier alpha value is -1.17. The lowest BCUT2D eigenvalue weighted by molar-refractivity contribution is -0.140. The fraction of sp³-hybridized carbons (Fsp3) is 0.750. The molecule has 1 fully saturated rings. The first kappa shape index (κ1) is 22.9. The number of hydrogen-bond donors (Lipinski definition) is 1. The first-order valence-corrected chi connectivity index (χ1v) is 9.55. The molecule has 1 aromatic heterocycles. The zero-order chi connectivity index (χ0) is 18.1. The van der Waals surface area contributed by atoms with E-state index in [1.165, 1.54) is 18.6 Å². The molecule has 1 aliphatic rings. The second-order valence-electron chi connectivity index (χ2n) is 5.83. The van der Waals surface area contributed by atoms with Crippen LogP contribution in [0.25, 0.3) is 0 Å². The predicted molar refractivity (Wildman–Crippen MR) is 116 cm³/mol. The van der Waals surface area contributed by atoms with E-state index >= 15 is 0 Å². The first-order chi connectivity index (χ1) is 12.2. The lowest BCUT2D eigenvalue weighted by Gasteiger charge is -2.36. The van der Waals surface area contributed by atoms with Gasteiger partial charge < -0.3 is 19.9 Å². The molecule has 0 aromatic carbocycles. The summed E-state index contributed by atoms with van der Waals surface area (Å²) in [5, 5.41) is 4.39. The maximum absolute atomic E-state index is 11.1. The Kier molecular flexibility index (Phi) is 10.8. The van der Waals surface area contributed by atoms with Gasteiger partial charge in [-0.1, -0.05) is 6.92 Å². The van der Waals surface area contributed by atoms with Gasteiger partial charge in [0.05, 0.1) is 7.11 Å². The van der Waals surface area contributed by atoms with E-state index in [1.807, 2.05) is 0 Å². The Morgan fingerprint density at radius 3 is 2.62 bits per heavy atom. The summed E-state index contributed by atoms with van der Waals surface area (Å²) in [6.07, 6.45) is 3.08. The number of aryl methyl sites for hydroxylation is 1. The standard InChI is InChI=1S/C16H28N6O2S.HI/c1-4-13-19-16(25-20-13)22-11-9-21(10-12-22)15(17-2)18-8-6-5-7-14(23)24-3;/h4-12H2,1-3H3,(H,17,18);1H. The normalized spacial score (nSPS) is 14.8. The number of hydrogen-bond acceptors (Lipinski definition) is 7. The number of ether oxygens (including phenoxy) is 1. The number of anilines is 1. The van der Waals surface area contributed by atoms with Crippen LogP contribution >= 0.6 is 35.5 Å². The van der Waals surface area contributed by atoms with Gasteiger partial charge in [0.1, 0.15) is 5.82 Å². The number of piperazine rings is 1. The lowest BCUT2D eigenvalue weighted by Crippen LogP contribution is -2.52. The van der Waals surface area contributed by atoms with E-state index in [0.717, 1.165) is 68.9 Å². The number of nitrogens with zero attached hydrogens (tertiary/aromatic N) is 5. The van der Waals surface area contributed by atoms with Gasteiger partial charge >= 0.3 is 5.97 Å². The van der Waals surface area contributed by atoms with E-state index in [1.54, 1.807) is 7.05 Å². The van der Waals surface area contributed by atoms with Crippen molar-refractivity contribution in [3.63, 3.8) is 0 Å². The van der Waals surface area contributed by atoms with E-state index < -0.39 is 0 Å². The third-order valence-corrected chi connectivity index (χ3v) is 4.97. The molecule has 0 unspecified atom stereocenters. The third-order valence-electron chi connectivity index (χ3n) is 4.15. The third kappa shape index (κ3) is 6.86. The van der Waals surface area contributed by atoms with Crippen molar-refractivity contribution < 1.29 is 9.53 Å². The van der Waals surface area contributed by atoms with Crippen molar-refractivity contribution in [1.82, 2.24) is 19.6 Å². The summed E-state index contributed by atoms with van der Waals surface area (Å²) in [6.45, 7) is 6.53. The fourth-order valence-corrected chi connectivity index (χ4v) is 3.46. The summed E-state index contributed by atoms with van der Waals surface area (Å²) in [5.74, 6) is 1.69. The SMILES string of the molecule is CCc1nsc(N2CCN(C(=NC)NCCCCC(=O)OC)CC2)n1.I. The molecule has 0 bridgehead atoms. The van der Waals surface area contributed by atoms with Crippen molar-refractivity contribution in [2.24, 2.45) is 4.99 Å². The molecule has 8 nitrogen and oxygen atoms in total. The minimum absolute atomic E-state index is 0. The molecular weight excluding hydrogens is 467 g/mol. The maximum Gasteiger partial charge on any atom is 0.305 e. The number of carbonyl (C=O) groups is 1. The van der Waals surface area contributed by atoms with Crippen LogP contribution < -0.4 is 10.2 Å². The van der Waals surface area contributed by atoms with Gasteiger partial charge in [0.25, 0.3) is 0 Å². The zero-order valence-electron chi connectivity index (χ0n) is 15.7. The average Bonchev–Trinajstić information content (AvgIpc) is 3.14. The molecule has 0 atom stereocenters. The number of unbranched alkanes of at least 4 members (excludes halogenated alkanes) is 1. The van der Waals surface area contributed by atoms with Crippen LogP contribution in [-0.4, -0.2) is 73.1 Å². The van der Waals surface area contributed by atoms with E-state index in [-0.39, 0.29) is 29.9 Å². The van der Waals surface area contributed by atoms with Crippen LogP contribution in [0.1, 0.15) is 32.0 Å². The monoisotopic (exact) mass is 496 g/mol. The fourth-order valence-electron chi connectivity index (χ4n) is 2.66. The lowest BCUT2D eigenvalue weighted by atomic mass is 10.2. The Labute approximate surface area is 176 Å². The average molecular weight is 496 g/mol. The Morgan fingerprint density at radius 2 is 2.04 bits per heavy atom. The predicted octanol–water partition coefficient (Wildman–Crippen LogP) is 1.76. The topological polar surface area (TPSA) is 83.0 Å². The Morgan fingerprint density at radius 1 is 1.31 bits per heavy atom. The number of aliphatic imine (C=N–C) groups is 1. The summed E-state index contributed by atoms with van der Waals surface area (Å²) in [5.41, 5.74) is 0. The molecule has 0 spiro atoms. The molecule has 0 amide bonds. The summed E-state index contributed by atoms with van der Waals surface area (Å²) < 4.78 is 9.01. The number of aromatic nitrogens is 2. The molecular formula is C16H29IN6O2S. The van der Waals surface area contributed by atoms with Gasteiger partial charge in [-0.3, -0.25) is 9.79 Å². The summed E-state index contributed by atoms with van der Waals surface area (Å²) in [7, 11) is 3.23. The number of rotatable bonds is 7. The van der Waals surface area contributed by atoms with Crippen LogP contribution in [0.5, 0.6) is 0 Å². The van der Waals surface area contributed by atoms with Crippen LogP contribution in [0.3, 0.4) is 0 Å². The first-order valence-electron chi connectivity index (χ1n) is 8.77. The smallest absolute Gasteiger partial charge is 0.305 e. The molecule has 148 valence electrons. The molecule has 1 N–H and O–H groups in total. The highest BCUT2D eigenvalue weighted by Gasteiger charge is 2.21. The van der Waals surface area contributed by atoms with Gasteiger partial charge in [-0.2, -0.15) is 4.37 Å². The van der Waals surface area contributed by atoms with Crippen LogP contribution in [0, 0.1) is 0 Å². The van der Waals surface area contributed by atoms with Crippen LogP contribution in [-0.2, 0) is 16.0 Å². The van der Waals surface area contributed by atoms with Gasteiger partial charge in [0.15, 0.2) is 5.96 Å². The van der Waals surface area contributed by atoms with Gasteiger partial charge in [-0.25, -0.2) is 4.98 Å². The van der Waals surface area contributed by atoms with Crippen molar-refractivity contribution in [2.75, 3.05) is 51.8 Å². The van der Waals surface area contributed by atoms with Crippen molar-refractivity contribution >= 4 is 52.6 Å². The molecule has 26 heavy (non-hydrogen) atoms. The molecule has 0 saturated carbocycles. The number of carbonyl (C=O) groups excluding carboxylic acids is 1. The highest BCUT2D eigenvalue weighted by Crippen LogP contribution is 2.19. The van der Waals surface area contributed by atoms with Gasteiger partial charge in [0.2, 0.25) is 5.13 Å². The molecule has 0 aliphatic carbocycles. The summed E-state index contributed by atoms with van der Waals surface area (Å²) in [4.78, 5) is 24.6. The van der Waals surface area contributed by atoms with Crippen molar-refractivity contribution in [1.29, 1.82) is 0 Å². The second-order valence-corrected chi connectivity index (χ2v) is 6.56.